The van der Waals surface area contributed by atoms with E-state index >= 15 is 0 Å². The monoisotopic (exact) mass is 279 g/mol. The number of nitrogens with two attached hydrogens (primary N) is 1. The number of ether oxygens (including phenoxy) is 1. The van der Waals surface area contributed by atoms with E-state index < -0.39 is 0 Å². The van der Waals surface area contributed by atoms with E-state index in [0.29, 0.717) is 13.1 Å². The maximum absolute atomic E-state index is 11.5. The highest BCUT2D eigenvalue weighted by molar-refractivity contribution is 5.77. The van der Waals surface area contributed by atoms with Crippen molar-refractivity contribution in [2.45, 2.75) is 26.4 Å². The SMILES string of the molecule is CCCN(CC(=O)NC)Cc1ccc(CN)c(OC)c1. The molecule has 3 N–H and O–H groups in total. The van der Waals surface area contributed by atoms with E-state index in [4.69, 9.17) is 10.5 Å². The highest BCUT2D eigenvalue weighted by Gasteiger charge is 2.11. The summed E-state index contributed by atoms with van der Waals surface area (Å²) in [6.07, 6.45) is 1.01. The highest BCUT2D eigenvalue weighted by atomic mass is 16.5. The zero-order valence-corrected chi connectivity index (χ0v) is 12.6. The lowest BCUT2D eigenvalue weighted by atomic mass is 10.1. The van der Waals surface area contributed by atoms with Crippen molar-refractivity contribution in [1.29, 1.82) is 0 Å². The summed E-state index contributed by atoms with van der Waals surface area (Å²) in [5, 5.41) is 2.66. The van der Waals surface area contributed by atoms with Crippen LogP contribution >= 0.6 is 0 Å². The van der Waals surface area contributed by atoms with Crippen LogP contribution in [0.15, 0.2) is 18.2 Å². The minimum absolute atomic E-state index is 0.0315. The van der Waals surface area contributed by atoms with Crippen molar-refractivity contribution in [3.8, 4) is 5.75 Å². The quantitative estimate of drug-likeness (QED) is 0.748. The number of carbonyl (C=O) groups excluding carboxylic acids is 1. The number of amides is 1. The van der Waals surface area contributed by atoms with Gasteiger partial charge in [0, 0.05) is 25.7 Å². The minimum atomic E-state index is 0.0315. The molecule has 0 unspecified atom stereocenters. The van der Waals surface area contributed by atoms with E-state index in [1.54, 1.807) is 14.2 Å². The Morgan fingerprint density at radius 3 is 2.75 bits per heavy atom. The van der Waals surface area contributed by atoms with Gasteiger partial charge >= 0.3 is 0 Å². The Morgan fingerprint density at radius 2 is 2.20 bits per heavy atom. The maximum Gasteiger partial charge on any atom is 0.233 e. The Kier molecular flexibility index (Phi) is 7.04. The van der Waals surface area contributed by atoms with Gasteiger partial charge in [0.25, 0.3) is 0 Å². The minimum Gasteiger partial charge on any atom is -0.496 e. The normalized spacial score (nSPS) is 10.7. The van der Waals surface area contributed by atoms with Gasteiger partial charge in [-0.2, -0.15) is 0 Å². The zero-order chi connectivity index (χ0) is 15.0. The second kappa shape index (κ2) is 8.55. The number of hydrogen-bond acceptors (Lipinski definition) is 4. The van der Waals surface area contributed by atoms with Gasteiger partial charge < -0.3 is 15.8 Å². The number of nitrogens with zero attached hydrogens (tertiary/aromatic N) is 1. The van der Waals surface area contributed by atoms with Gasteiger partial charge in [-0.3, -0.25) is 9.69 Å². The molecule has 5 heteroatoms. The molecule has 5 nitrogen and oxygen atoms in total. The van der Waals surface area contributed by atoms with Crippen LogP contribution in [0.5, 0.6) is 5.75 Å². The molecule has 0 aliphatic heterocycles. The molecule has 1 rings (SSSR count). The number of likely N-dealkylation sites (N-methyl/N-ethyl adjacent to an activating group) is 1. The molecule has 20 heavy (non-hydrogen) atoms. The van der Waals surface area contributed by atoms with Gasteiger partial charge in [-0.25, -0.2) is 0 Å². The van der Waals surface area contributed by atoms with Crippen molar-refractivity contribution in [3.05, 3.63) is 29.3 Å². The first-order valence-corrected chi connectivity index (χ1v) is 6.93. The molecule has 1 aromatic carbocycles. The topological polar surface area (TPSA) is 67.6 Å². The van der Waals surface area contributed by atoms with Crippen LogP contribution in [-0.4, -0.2) is 38.1 Å². The Morgan fingerprint density at radius 1 is 1.45 bits per heavy atom. The molecule has 0 spiro atoms. The second-order valence-electron chi connectivity index (χ2n) is 4.73. The average molecular weight is 279 g/mol. The number of nitrogens with one attached hydrogen (secondary N) is 1. The molecule has 0 aromatic heterocycles. The summed E-state index contributed by atoms with van der Waals surface area (Å²) in [4.78, 5) is 13.6. The first-order chi connectivity index (χ1) is 9.64. The third-order valence-corrected chi connectivity index (χ3v) is 3.16. The van der Waals surface area contributed by atoms with Crippen LogP contribution in [0.2, 0.25) is 0 Å². The maximum atomic E-state index is 11.5. The summed E-state index contributed by atoms with van der Waals surface area (Å²) in [5.41, 5.74) is 7.78. The molecule has 0 fully saturated rings. The third-order valence-electron chi connectivity index (χ3n) is 3.16. The molecule has 0 radical (unpaired) electrons. The van der Waals surface area contributed by atoms with Gasteiger partial charge in [-0.05, 0) is 24.6 Å². The Balaban J connectivity index is 2.79. The van der Waals surface area contributed by atoms with Crippen LogP contribution in [0.3, 0.4) is 0 Å². The van der Waals surface area contributed by atoms with Crippen LogP contribution < -0.4 is 15.8 Å². The number of hydrogen-bond donors (Lipinski definition) is 2. The lowest BCUT2D eigenvalue weighted by Crippen LogP contribution is -2.35. The fourth-order valence-corrected chi connectivity index (χ4v) is 2.13. The second-order valence-corrected chi connectivity index (χ2v) is 4.73. The van der Waals surface area contributed by atoms with Crippen LogP contribution in [-0.2, 0) is 17.9 Å². The van der Waals surface area contributed by atoms with Crippen molar-refractivity contribution < 1.29 is 9.53 Å². The molecule has 1 aromatic rings. The Hall–Kier alpha value is -1.59. The molecule has 0 aliphatic rings. The highest BCUT2D eigenvalue weighted by Crippen LogP contribution is 2.20. The van der Waals surface area contributed by atoms with E-state index in [-0.39, 0.29) is 5.91 Å². The summed E-state index contributed by atoms with van der Waals surface area (Å²) in [5.74, 6) is 0.838. The molecule has 0 aliphatic carbocycles. The predicted octanol–water partition coefficient (Wildman–Crippen LogP) is 1.11. The predicted molar refractivity (Wildman–Crippen MR) is 80.5 cm³/mol. The van der Waals surface area contributed by atoms with Gasteiger partial charge in [-0.1, -0.05) is 19.1 Å². The van der Waals surface area contributed by atoms with E-state index in [1.165, 1.54) is 0 Å². The summed E-state index contributed by atoms with van der Waals surface area (Å²) >= 11 is 0. The van der Waals surface area contributed by atoms with Crippen molar-refractivity contribution in [1.82, 2.24) is 10.2 Å². The standard InChI is InChI=1S/C15H25N3O2/c1-4-7-18(11-15(19)17-2)10-12-5-6-13(9-16)14(8-12)20-3/h5-6,8H,4,7,9-11,16H2,1-3H3,(H,17,19). The third kappa shape index (κ3) is 4.83. The fourth-order valence-electron chi connectivity index (χ4n) is 2.13. The summed E-state index contributed by atoms with van der Waals surface area (Å²) in [6, 6.07) is 6.02. The van der Waals surface area contributed by atoms with Crippen molar-refractivity contribution in [3.63, 3.8) is 0 Å². The van der Waals surface area contributed by atoms with Crippen molar-refractivity contribution in [2.24, 2.45) is 5.73 Å². The number of carbonyl (C=O) groups is 1. The average Bonchev–Trinajstić information content (AvgIpc) is 2.47. The van der Waals surface area contributed by atoms with Crippen LogP contribution in [0.1, 0.15) is 24.5 Å². The van der Waals surface area contributed by atoms with E-state index in [0.717, 1.165) is 36.4 Å². The molecule has 0 heterocycles. The van der Waals surface area contributed by atoms with Gasteiger partial charge in [0.2, 0.25) is 5.91 Å². The van der Waals surface area contributed by atoms with Crippen LogP contribution in [0, 0.1) is 0 Å². The van der Waals surface area contributed by atoms with E-state index in [9.17, 15) is 4.79 Å². The number of methoxy groups -OCH3 is 1. The molecule has 0 atom stereocenters. The molecule has 112 valence electrons. The summed E-state index contributed by atoms with van der Waals surface area (Å²) in [7, 11) is 3.30. The van der Waals surface area contributed by atoms with E-state index in [2.05, 4.69) is 17.1 Å². The van der Waals surface area contributed by atoms with Gasteiger partial charge in [0.05, 0.1) is 13.7 Å². The molecule has 0 saturated carbocycles. The first-order valence-electron chi connectivity index (χ1n) is 6.93. The van der Waals surface area contributed by atoms with Gasteiger partial charge in [-0.15, -0.1) is 0 Å². The molecular weight excluding hydrogens is 254 g/mol. The Labute approximate surface area is 121 Å². The smallest absolute Gasteiger partial charge is 0.233 e. The van der Waals surface area contributed by atoms with Crippen LogP contribution in [0.25, 0.3) is 0 Å². The number of benzene rings is 1. The molecule has 0 saturated heterocycles. The Bertz CT molecular complexity index is 435. The summed E-state index contributed by atoms with van der Waals surface area (Å²) < 4.78 is 5.34. The lowest BCUT2D eigenvalue weighted by Gasteiger charge is -2.21. The van der Waals surface area contributed by atoms with Crippen molar-refractivity contribution in [2.75, 3.05) is 27.2 Å². The van der Waals surface area contributed by atoms with E-state index in [1.807, 2.05) is 18.2 Å². The first kappa shape index (κ1) is 16.5. The van der Waals surface area contributed by atoms with Crippen molar-refractivity contribution >= 4 is 5.91 Å². The lowest BCUT2D eigenvalue weighted by molar-refractivity contribution is -0.121. The fraction of sp³-hybridized carbons (Fsp3) is 0.533. The molecule has 0 bridgehead atoms. The van der Waals surface area contributed by atoms with Gasteiger partial charge in [0.15, 0.2) is 0 Å². The number of rotatable bonds is 8. The molecule has 1 amide bonds. The van der Waals surface area contributed by atoms with Gasteiger partial charge in [0.1, 0.15) is 5.75 Å². The van der Waals surface area contributed by atoms with Crippen LogP contribution in [0.4, 0.5) is 0 Å². The largest absolute Gasteiger partial charge is 0.496 e. The summed E-state index contributed by atoms with van der Waals surface area (Å²) in [6.45, 7) is 4.58. The zero-order valence-electron chi connectivity index (χ0n) is 12.6. The molecular formula is C15H25N3O2.